The second kappa shape index (κ2) is 6.06. The van der Waals surface area contributed by atoms with Crippen LogP contribution >= 0.6 is 11.6 Å². The monoisotopic (exact) mass is 253 g/mol. The molecule has 0 radical (unpaired) electrons. The Morgan fingerprint density at radius 1 is 1.12 bits per heavy atom. The van der Waals surface area contributed by atoms with Gasteiger partial charge in [0.15, 0.2) is 0 Å². The molecule has 94 valence electrons. The minimum absolute atomic E-state index is 0.0797. The topological polar surface area (TPSA) is 20.3 Å². The summed E-state index contributed by atoms with van der Waals surface area (Å²) < 4.78 is 0. The fraction of sp³-hybridized carbons (Fsp3) is 0.500. The first-order valence-corrected chi connectivity index (χ1v) is 6.48. The lowest BCUT2D eigenvalue weighted by atomic mass is 10.1. The van der Waals surface area contributed by atoms with Gasteiger partial charge in [0.25, 0.3) is 5.91 Å². The average molecular weight is 254 g/mol. The summed E-state index contributed by atoms with van der Waals surface area (Å²) in [5, 5.41) is 0. The summed E-state index contributed by atoms with van der Waals surface area (Å²) in [7, 11) is 0. The first-order chi connectivity index (χ1) is 7.97. The molecule has 1 aromatic rings. The van der Waals surface area contributed by atoms with Crippen LogP contribution in [0.25, 0.3) is 0 Å². The van der Waals surface area contributed by atoms with E-state index in [9.17, 15) is 4.79 Å². The van der Waals surface area contributed by atoms with E-state index in [4.69, 9.17) is 11.6 Å². The van der Waals surface area contributed by atoms with Crippen LogP contribution in [-0.2, 0) is 5.88 Å². The molecule has 0 spiro atoms. The third-order valence-corrected chi connectivity index (χ3v) is 3.01. The normalized spacial score (nSPS) is 11.0. The molecule has 1 amide bonds. The average Bonchev–Trinajstić information content (AvgIpc) is 2.28. The number of carbonyl (C=O) groups excluding carboxylic acids is 1. The van der Waals surface area contributed by atoms with Crippen LogP contribution < -0.4 is 0 Å². The van der Waals surface area contributed by atoms with E-state index in [-0.39, 0.29) is 18.0 Å². The molecule has 0 aromatic heterocycles. The molecule has 0 aliphatic carbocycles. The molecule has 0 aliphatic rings. The van der Waals surface area contributed by atoms with Gasteiger partial charge in [-0.1, -0.05) is 12.1 Å². The molecule has 0 saturated carbocycles. The molecule has 1 aromatic carbocycles. The summed E-state index contributed by atoms with van der Waals surface area (Å²) >= 11 is 5.73. The second-order valence-electron chi connectivity index (χ2n) is 4.73. The van der Waals surface area contributed by atoms with E-state index in [0.717, 1.165) is 11.1 Å². The number of halogens is 1. The van der Waals surface area contributed by atoms with Gasteiger partial charge < -0.3 is 4.90 Å². The van der Waals surface area contributed by atoms with Crippen LogP contribution in [0.2, 0.25) is 0 Å². The van der Waals surface area contributed by atoms with Crippen LogP contribution in [0.5, 0.6) is 0 Å². The van der Waals surface area contributed by atoms with E-state index in [1.54, 1.807) is 0 Å². The van der Waals surface area contributed by atoms with Crippen molar-refractivity contribution < 1.29 is 4.79 Å². The molecular formula is C14H20ClNO. The van der Waals surface area contributed by atoms with Crippen LogP contribution in [0, 0.1) is 0 Å². The lowest BCUT2D eigenvalue weighted by Crippen LogP contribution is -2.42. The molecule has 0 atom stereocenters. The smallest absolute Gasteiger partial charge is 0.254 e. The predicted molar refractivity (Wildman–Crippen MR) is 72.4 cm³/mol. The highest BCUT2D eigenvalue weighted by Gasteiger charge is 2.21. The number of hydrogen-bond acceptors (Lipinski definition) is 1. The van der Waals surface area contributed by atoms with Crippen molar-refractivity contribution in [3.8, 4) is 0 Å². The molecule has 3 heteroatoms. The van der Waals surface area contributed by atoms with Crippen molar-refractivity contribution in [3.05, 3.63) is 35.4 Å². The van der Waals surface area contributed by atoms with Gasteiger partial charge in [-0.3, -0.25) is 4.79 Å². The lowest BCUT2D eigenvalue weighted by Gasteiger charge is -2.30. The zero-order valence-electron chi connectivity index (χ0n) is 10.9. The Hall–Kier alpha value is -1.02. The number of benzene rings is 1. The summed E-state index contributed by atoms with van der Waals surface area (Å²) in [5.74, 6) is 0.558. The molecule has 0 fully saturated rings. The number of amides is 1. The van der Waals surface area contributed by atoms with Crippen molar-refractivity contribution >= 4 is 17.5 Å². The highest BCUT2D eigenvalue weighted by molar-refractivity contribution is 6.17. The molecule has 0 heterocycles. The van der Waals surface area contributed by atoms with E-state index < -0.39 is 0 Å². The van der Waals surface area contributed by atoms with Gasteiger partial charge in [0.2, 0.25) is 0 Å². The Kier molecular flexibility index (Phi) is 5.01. The second-order valence-corrected chi connectivity index (χ2v) is 5.00. The van der Waals surface area contributed by atoms with Crippen LogP contribution in [0.15, 0.2) is 24.3 Å². The summed E-state index contributed by atoms with van der Waals surface area (Å²) in [5.41, 5.74) is 1.75. The van der Waals surface area contributed by atoms with Gasteiger partial charge >= 0.3 is 0 Å². The highest BCUT2D eigenvalue weighted by atomic mass is 35.5. The lowest BCUT2D eigenvalue weighted by molar-refractivity contribution is 0.0644. The maximum absolute atomic E-state index is 12.3. The quantitative estimate of drug-likeness (QED) is 0.750. The first kappa shape index (κ1) is 14.0. The molecule has 0 unspecified atom stereocenters. The van der Waals surface area contributed by atoms with Crippen molar-refractivity contribution in [1.29, 1.82) is 0 Å². The number of nitrogens with zero attached hydrogens (tertiary/aromatic N) is 1. The minimum Gasteiger partial charge on any atom is -0.334 e. The van der Waals surface area contributed by atoms with Gasteiger partial charge in [-0.25, -0.2) is 0 Å². The molecule has 0 aliphatic heterocycles. The van der Waals surface area contributed by atoms with Crippen LogP contribution in [0.1, 0.15) is 43.6 Å². The first-order valence-electron chi connectivity index (χ1n) is 5.95. The largest absolute Gasteiger partial charge is 0.334 e. The van der Waals surface area contributed by atoms with Gasteiger partial charge in [0, 0.05) is 23.5 Å². The van der Waals surface area contributed by atoms with Crippen molar-refractivity contribution in [3.63, 3.8) is 0 Å². The third-order valence-electron chi connectivity index (χ3n) is 2.70. The molecule has 1 rings (SSSR count). The van der Waals surface area contributed by atoms with Crippen molar-refractivity contribution in [2.24, 2.45) is 0 Å². The van der Waals surface area contributed by atoms with Crippen LogP contribution in [0.3, 0.4) is 0 Å². The Morgan fingerprint density at radius 2 is 1.59 bits per heavy atom. The van der Waals surface area contributed by atoms with E-state index in [2.05, 4.69) is 0 Å². The fourth-order valence-corrected chi connectivity index (χ4v) is 2.13. The SMILES string of the molecule is CC(C)N(C(=O)c1ccc(CCl)cc1)C(C)C. The molecule has 0 bridgehead atoms. The maximum Gasteiger partial charge on any atom is 0.254 e. The number of hydrogen-bond donors (Lipinski definition) is 0. The Morgan fingerprint density at radius 3 is 1.94 bits per heavy atom. The molecule has 2 nitrogen and oxygen atoms in total. The standard InChI is InChI=1S/C14H20ClNO/c1-10(2)16(11(3)4)14(17)13-7-5-12(9-15)6-8-13/h5-8,10-11H,9H2,1-4H3. The van der Waals surface area contributed by atoms with Crippen molar-refractivity contribution in [2.75, 3.05) is 0 Å². The third kappa shape index (κ3) is 3.47. The zero-order chi connectivity index (χ0) is 13.0. The number of carbonyl (C=O) groups is 1. The van der Waals surface area contributed by atoms with Gasteiger partial charge in [-0.05, 0) is 45.4 Å². The van der Waals surface area contributed by atoms with E-state index in [1.165, 1.54) is 0 Å². The zero-order valence-corrected chi connectivity index (χ0v) is 11.7. The Balaban J connectivity index is 2.93. The predicted octanol–water partition coefficient (Wildman–Crippen LogP) is 3.68. The van der Waals surface area contributed by atoms with E-state index in [0.29, 0.717) is 5.88 Å². The van der Waals surface area contributed by atoms with Crippen molar-refractivity contribution in [2.45, 2.75) is 45.7 Å². The molecular weight excluding hydrogens is 234 g/mol. The van der Waals surface area contributed by atoms with E-state index in [1.807, 2.05) is 56.9 Å². The molecule has 17 heavy (non-hydrogen) atoms. The Labute approximate surface area is 109 Å². The Bertz CT molecular complexity index is 362. The summed E-state index contributed by atoms with van der Waals surface area (Å²) in [6.07, 6.45) is 0. The summed E-state index contributed by atoms with van der Waals surface area (Å²) in [6, 6.07) is 7.90. The maximum atomic E-state index is 12.3. The fourth-order valence-electron chi connectivity index (χ4n) is 1.95. The number of alkyl halides is 1. The molecule has 0 N–H and O–H groups in total. The number of rotatable bonds is 4. The van der Waals surface area contributed by atoms with Gasteiger partial charge in [-0.2, -0.15) is 0 Å². The van der Waals surface area contributed by atoms with Gasteiger partial charge in [0.1, 0.15) is 0 Å². The summed E-state index contributed by atoms with van der Waals surface area (Å²) in [6.45, 7) is 8.13. The summed E-state index contributed by atoms with van der Waals surface area (Å²) in [4.78, 5) is 14.2. The molecule has 0 saturated heterocycles. The van der Waals surface area contributed by atoms with Crippen LogP contribution in [-0.4, -0.2) is 22.9 Å². The van der Waals surface area contributed by atoms with Gasteiger partial charge in [-0.15, -0.1) is 11.6 Å². The minimum atomic E-state index is 0.0797. The van der Waals surface area contributed by atoms with Crippen molar-refractivity contribution in [1.82, 2.24) is 4.90 Å². The van der Waals surface area contributed by atoms with Gasteiger partial charge in [0.05, 0.1) is 0 Å². The van der Waals surface area contributed by atoms with E-state index >= 15 is 0 Å². The van der Waals surface area contributed by atoms with Crippen LogP contribution in [0.4, 0.5) is 0 Å². The highest BCUT2D eigenvalue weighted by Crippen LogP contribution is 2.14.